The lowest BCUT2D eigenvalue weighted by Gasteiger charge is -2.35. The number of aryl methyl sites for hydroxylation is 1. The largest absolute Gasteiger partial charge is 0.479 e. The maximum atomic E-state index is 12.7. The van der Waals surface area contributed by atoms with Crippen LogP contribution in [0.3, 0.4) is 0 Å². The van der Waals surface area contributed by atoms with Crippen LogP contribution in [-0.4, -0.2) is 62.2 Å². The summed E-state index contributed by atoms with van der Waals surface area (Å²) in [6.07, 6.45) is 2.71. The van der Waals surface area contributed by atoms with Crippen LogP contribution in [0.4, 0.5) is 11.4 Å². The van der Waals surface area contributed by atoms with Crippen LogP contribution in [0.1, 0.15) is 18.1 Å². The predicted octanol–water partition coefficient (Wildman–Crippen LogP) is 3.09. The van der Waals surface area contributed by atoms with Crippen LogP contribution in [0.15, 0.2) is 48.5 Å². The Morgan fingerprint density at radius 1 is 1.12 bits per heavy atom. The number of nitrogens with one attached hydrogen (secondary N) is 1. The number of nitrogens with zero attached hydrogens (tertiary/aromatic N) is 2. The minimum Gasteiger partial charge on any atom is -0.479 e. The molecule has 2 aliphatic rings. The molecule has 1 atom stereocenters. The molecule has 2 aromatic rings. The number of amides is 2. The Labute approximate surface area is 188 Å². The van der Waals surface area contributed by atoms with Crippen LogP contribution < -0.4 is 15.0 Å². The molecule has 7 nitrogen and oxygen atoms in total. The molecule has 1 N–H and O–H groups in total. The molecule has 0 radical (unpaired) electrons. The smallest absolute Gasteiger partial charge is 0.267 e. The maximum absolute atomic E-state index is 12.7. The van der Waals surface area contributed by atoms with E-state index in [0.29, 0.717) is 18.0 Å². The van der Waals surface area contributed by atoms with Crippen molar-refractivity contribution in [2.45, 2.75) is 20.0 Å². The van der Waals surface area contributed by atoms with Gasteiger partial charge in [-0.2, -0.15) is 0 Å². The van der Waals surface area contributed by atoms with Crippen LogP contribution >= 0.6 is 0 Å². The summed E-state index contributed by atoms with van der Waals surface area (Å²) < 4.78 is 11.2. The molecule has 2 heterocycles. The Balaban J connectivity index is 1.43. The van der Waals surface area contributed by atoms with Crippen molar-refractivity contribution >= 4 is 29.3 Å². The van der Waals surface area contributed by atoms with Crippen LogP contribution in [0.25, 0.3) is 6.08 Å². The van der Waals surface area contributed by atoms with E-state index in [1.165, 1.54) is 11.6 Å². The fraction of sp³-hybridized carbons (Fsp3) is 0.360. The Morgan fingerprint density at radius 2 is 1.88 bits per heavy atom. The van der Waals surface area contributed by atoms with Gasteiger partial charge in [-0.05, 0) is 37.6 Å². The summed E-state index contributed by atoms with van der Waals surface area (Å²) in [5, 5.41) is 2.87. The first-order valence-electron chi connectivity index (χ1n) is 11.0. The molecule has 168 valence electrons. The lowest BCUT2D eigenvalue weighted by Crippen LogP contribution is -2.48. The third kappa shape index (κ3) is 5.36. The van der Waals surface area contributed by atoms with Crippen molar-refractivity contribution in [1.82, 2.24) is 4.90 Å². The monoisotopic (exact) mass is 435 g/mol. The molecule has 2 amide bonds. The van der Waals surface area contributed by atoms with Gasteiger partial charge in [-0.1, -0.05) is 29.8 Å². The molecule has 0 aromatic heterocycles. The Bertz CT molecular complexity index is 997. The number of carbonyl (C=O) groups is 2. The molecule has 2 aromatic carbocycles. The molecule has 32 heavy (non-hydrogen) atoms. The van der Waals surface area contributed by atoms with Gasteiger partial charge >= 0.3 is 0 Å². The van der Waals surface area contributed by atoms with E-state index in [0.717, 1.165) is 44.1 Å². The van der Waals surface area contributed by atoms with Crippen molar-refractivity contribution in [1.29, 1.82) is 0 Å². The van der Waals surface area contributed by atoms with Gasteiger partial charge in [0.25, 0.3) is 5.91 Å². The molecular formula is C25H29N3O4. The zero-order valence-electron chi connectivity index (χ0n) is 18.5. The number of benzene rings is 2. The van der Waals surface area contributed by atoms with E-state index in [4.69, 9.17) is 9.47 Å². The number of hydrogen-bond acceptors (Lipinski definition) is 5. The van der Waals surface area contributed by atoms with Gasteiger partial charge in [-0.3, -0.25) is 14.5 Å². The van der Waals surface area contributed by atoms with Gasteiger partial charge in [0.05, 0.1) is 18.9 Å². The van der Waals surface area contributed by atoms with Gasteiger partial charge in [-0.25, -0.2) is 0 Å². The van der Waals surface area contributed by atoms with Crippen molar-refractivity contribution in [3.63, 3.8) is 0 Å². The highest BCUT2D eigenvalue weighted by molar-refractivity contribution is 6.03. The Morgan fingerprint density at radius 3 is 2.62 bits per heavy atom. The molecule has 4 rings (SSSR count). The van der Waals surface area contributed by atoms with Gasteiger partial charge < -0.3 is 19.7 Å². The molecule has 0 saturated carbocycles. The van der Waals surface area contributed by atoms with Crippen LogP contribution in [0.2, 0.25) is 0 Å². The summed E-state index contributed by atoms with van der Waals surface area (Å²) >= 11 is 0. The lowest BCUT2D eigenvalue weighted by atomic mass is 10.1. The van der Waals surface area contributed by atoms with E-state index in [1.54, 1.807) is 30.0 Å². The lowest BCUT2D eigenvalue weighted by molar-refractivity contribution is -0.125. The third-order valence-corrected chi connectivity index (χ3v) is 5.68. The Hall–Kier alpha value is -3.16. The van der Waals surface area contributed by atoms with E-state index < -0.39 is 6.10 Å². The molecule has 1 unspecified atom stereocenters. The predicted molar refractivity (Wildman–Crippen MR) is 125 cm³/mol. The van der Waals surface area contributed by atoms with E-state index >= 15 is 0 Å². The van der Waals surface area contributed by atoms with E-state index in [2.05, 4.69) is 10.2 Å². The molecule has 2 aliphatic heterocycles. The summed E-state index contributed by atoms with van der Waals surface area (Å²) in [5.74, 6) is 0.317. The molecule has 0 spiro atoms. The minimum atomic E-state index is -0.570. The third-order valence-electron chi connectivity index (χ3n) is 5.68. The number of hydrogen-bond donors (Lipinski definition) is 1. The first-order chi connectivity index (χ1) is 15.5. The summed E-state index contributed by atoms with van der Waals surface area (Å²) in [6, 6.07) is 13.4. The summed E-state index contributed by atoms with van der Waals surface area (Å²) in [6.45, 7) is 8.36. The zero-order chi connectivity index (χ0) is 22.5. The Kier molecular flexibility index (Phi) is 6.87. The van der Waals surface area contributed by atoms with Gasteiger partial charge in [0.2, 0.25) is 5.91 Å². The molecule has 7 heteroatoms. The fourth-order valence-corrected chi connectivity index (χ4v) is 3.82. The second-order valence-corrected chi connectivity index (χ2v) is 8.12. The van der Waals surface area contributed by atoms with Crippen LogP contribution in [-0.2, 0) is 14.3 Å². The normalized spacial score (nSPS) is 19.0. The molecular weight excluding hydrogens is 406 g/mol. The van der Waals surface area contributed by atoms with Crippen molar-refractivity contribution in [2.75, 3.05) is 49.6 Å². The van der Waals surface area contributed by atoms with Crippen LogP contribution in [0.5, 0.6) is 5.75 Å². The second-order valence-electron chi connectivity index (χ2n) is 8.12. The topological polar surface area (TPSA) is 71.1 Å². The minimum absolute atomic E-state index is 0.0522. The summed E-state index contributed by atoms with van der Waals surface area (Å²) in [4.78, 5) is 29.2. The summed E-state index contributed by atoms with van der Waals surface area (Å²) in [5.41, 5.74) is 3.49. The fourth-order valence-electron chi connectivity index (χ4n) is 3.82. The van der Waals surface area contributed by atoms with Crippen molar-refractivity contribution in [3.05, 3.63) is 59.7 Å². The average Bonchev–Trinajstić information content (AvgIpc) is 2.80. The van der Waals surface area contributed by atoms with Gasteiger partial charge in [0.15, 0.2) is 6.10 Å². The maximum Gasteiger partial charge on any atom is 0.267 e. The number of anilines is 2. The average molecular weight is 436 g/mol. The standard InChI is InChI=1S/C25H29N3O4/c1-18-3-5-20(6-4-18)7-10-24(29)26-21-8-9-22-23(17-21)32-19(2)25(30)28(22)12-11-27-13-15-31-16-14-27/h3-10,17,19H,11-16H2,1-2H3,(H,26,29)/b10-7+. The molecule has 0 bridgehead atoms. The van der Waals surface area contributed by atoms with Gasteiger partial charge in [-0.15, -0.1) is 0 Å². The molecule has 1 fully saturated rings. The number of fused-ring (bicyclic) bond motifs is 1. The zero-order valence-corrected chi connectivity index (χ0v) is 18.5. The van der Waals surface area contributed by atoms with Crippen molar-refractivity contribution < 1.29 is 19.1 Å². The quantitative estimate of drug-likeness (QED) is 0.706. The van der Waals surface area contributed by atoms with E-state index in [1.807, 2.05) is 37.3 Å². The van der Waals surface area contributed by atoms with Gasteiger partial charge in [0.1, 0.15) is 5.75 Å². The first-order valence-corrected chi connectivity index (χ1v) is 11.0. The molecule has 0 aliphatic carbocycles. The summed E-state index contributed by atoms with van der Waals surface area (Å²) in [7, 11) is 0. The highest BCUT2D eigenvalue weighted by atomic mass is 16.5. The number of ether oxygens (including phenoxy) is 2. The number of rotatable bonds is 6. The highest BCUT2D eigenvalue weighted by Crippen LogP contribution is 2.36. The highest BCUT2D eigenvalue weighted by Gasteiger charge is 2.32. The molecule has 1 saturated heterocycles. The van der Waals surface area contributed by atoms with Crippen molar-refractivity contribution in [3.8, 4) is 5.75 Å². The van der Waals surface area contributed by atoms with E-state index in [9.17, 15) is 9.59 Å². The number of morpholine rings is 1. The van der Waals surface area contributed by atoms with E-state index in [-0.39, 0.29) is 11.8 Å². The number of carbonyl (C=O) groups excluding carboxylic acids is 2. The first kappa shape index (κ1) is 22.0. The second kappa shape index (κ2) is 9.97. The van der Waals surface area contributed by atoms with Crippen LogP contribution in [0, 0.1) is 6.92 Å². The van der Waals surface area contributed by atoms with Gasteiger partial charge in [0, 0.05) is 44.0 Å². The van der Waals surface area contributed by atoms with Crippen molar-refractivity contribution in [2.24, 2.45) is 0 Å². The SMILES string of the molecule is Cc1ccc(/C=C/C(=O)Nc2ccc3c(c2)OC(C)C(=O)N3CCN2CCOCC2)cc1.